The number of fused-ring (bicyclic) bond motifs is 6. The third kappa shape index (κ3) is 10.2. The first-order valence-electron chi connectivity index (χ1n) is 20.5. The first-order chi connectivity index (χ1) is 28.0. The van der Waals surface area contributed by atoms with Gasteiger partial charge in [0.1, 0.15) is 30.1 Å². The van der Waals surface area contributed by atoms with Crippen molar-refractivity contribution in [2.24, 2.45) is 27.9 Å². The molecule has 0 aliphatic carbocycles. The predicted molar refractivity (Wildman–Crippen MR) is 223 cm³/mol. The quantitative estimate of drug-likeness (QED) is 0.200. The van der Waals surface area contributed by atoms with E-state index in [1.165, 1.54) is 32.1 Å². The van der Waals surface area contributed by atoms with Crippen molar-refractivity contribution in [3.8, 4) is 0 Å². The van der Waals surface area contributed by atoms with E-state index in [1.807, 2.05) is 51.0 Å². The number of aromatic nitrogens is 1. The zero-order valence-corrected chi connectivity index (χ0v) is 37.3. The number of aliphatic hydroxyl groups excluding tert-OH is 1. The Bertz CT molecular complexity index is 1940. The number of ether oxygens (including phenoxy) is 5. The van der Waals surface area contributed by atoms with Crippen molar-refractivity contribution in [1.29, 1.82) is 0 Å². The van der Waals surface area contributed by atoms with Gasteiger partial charge in [0.25, 0.3) is 5.67 Å². The molecule has 0 spiro atoms. The van der Waals surface area contributed by atoms with E-state index in [0.717, 1.165) is 22.7 Å². The molecule has 4 N–H and O–H groups in total. The number of halogens is 1. The molecular weight excluding hydrogens is 802 g/mol. The summed E-state index contributed by atoms with van der Waals surface area (Å²) < 4.78 is 49.6. The molecule has 16 nitrogen and oxygen atoms in total. The van der Waals surface area contributed by atoms with Crippen molar-refractivity contribution in [2.45, 2.75) is 148 Å². The number of nitrogens with zero attached hydrogens (tertiary/aromatic N) is 4. The number of esters is 1. The van der Waals surface area contributed by atoms with Gasteiger partial charge >= 0.3 is 5.97 Å². The Morgan fingerprint density at radius 1 is 1.13 bits per heavy atom. The smallest absolute Gasteiger partial charge is 0.351 e. The molecule has 334 valence electrons. The topological polar surface area (TPSA) is 214 Å². The largest absolute Gasteiger partial charge is 0.457 e. The van der Waals surface area contributed by atoms with E-state index in [1.54, 1.807) is 20.8 Å². The molecule has 3 aliphatic rings. The highest BCUT2D eigenvalue weighted by Crippen LogP contribution is 2.41. The van der Waals surface area contributed by atoms with Gasteiger partial charge in [-0.3, -0.25) is 9.59 Å². The summed E-state index contributed by atoms with van der Waals surface area (Å²) in [5, 5.41) is 28.9. The van der Waals surface area contributed by atoms with Crippen molar-refractivity contribution in [1.82, 2.24) is 9.88 Å². The summed E-state index contributed by atoms with van der Waals surface area (Å²) >= 11 is 1.34. The summed E-state index contributed by atoms with van der Waals surface area (Å²) in [4.78, 5) is 57.6. The van der Waals surface area contributed by atoms with Crippen LogP contribution in [-0.4, -0.2) is 136 Å². The number of Topliss-reactive ketones (excluding diaryl/α,β-unsaturated/α-hetero) is 1. The highest BCUT2D eigenvalue weighted by atomic mass is 32.1. The predicted octanol–water partition coefficient (Wildman–Crippen LogP) is 4.41. The molecule has 2 bridgehead atoms. The molecule has 0 saturated carbocycles. The zero-order chi connectivity index (χ0) is 44.5. The second-order valence-electron chi connectivity index (χ2n) is 17.4. The van der Waals surface area contributed by atoms with Crippen LogP contribution in [0.2, 0.25) is 0 Å². The van der Waals surface area contributed by atoms with Gasteiger partial charge in [-0.05, 0) is 84.7 Å². The lowest BCUT2D eigenvalue weighted by Crippen LogP contribution is -2.61. The van der Waals surface area contributed by atoms with Gasteiger partial charge < -0.3 is 49.4 Å². The molecule has 18 heteroatoms. The second-order valence-corrected chi connectivity index (χ2v) is 18.4. The number of amides is 1. The number of aliphatic imine (C=N–C) groups is 1. The number of hydrogen-bond donors (Lipinski definition) is 3. The molecule has 0 unspecified atom stereocenters. The molecule has 13 atom stereocenters. The lowest BCUT2D eigenvalue weighted by molar-refractivity contribution is -0.296. The summed E-state index contributed by atoms with van der Waals surface area (Å²) in [7, 11) is 3.63. The van der Waals surface area contributed by atoms with Gasteiger partial charge in [-0.15, -0.1) is 0 Å². The first kappa shape index (κ1) is 47.6. The van der Waals surface area contributed by atoms with Gasteiger partial charge in [0.2, 0.25) is 5.91 Å². The van der Waals surface area contributed by atoms with Gasteiger partial charge in [0.15, 0.2) is 17.2 Å². The maximum Gasteiger partial charge on any atom is 0.351 e. The fraction of sp³-hybridized carbons (Fsp3) is 0.714. The molecule has 60 heavy (non-hydrogen) atoms. The molecule has 2 aromatic rings. The Kier molecular flexibility index (Phi) is 15.0. The fourth-order valence-electron chi connectivity index (χ4n) is 8.88. The van der Waals surface area contributed by atoms with Crippen LogP contribution < -0.4 is 5.73 Å². The third-order valence-electron chi connectivity index (χ3n) is 12.0. The second kappa shape index (κ2) is 18.9. The number of cyclic esters (lactones) is 1. The SMILES string of the molecule is CC[C@H]1OC(=O)[C@@](C)(F)C(=O)[C@H](C)[C@@H](O[C@@H]2O[C@H](C)C[C@H](N(C)C)[C@H]2O)[C@@]2(C)C[C@@H](C)C(=NC(C)=O)[C@H](C)[C@@H](OC/C(=N\OCc3ccc4nc(N)sc4c3)CO2)[C@]1(C)O. The van der Waals surface area contributed by atoms with E-state index in [-0.39, 0.29) is 44.5 Å². The molecule has 3 aliphatic heterocycles. The van der Waals surface area contributed by atoms with Crippen molar-refractivity contribution < 1.29 is 57.5 Å². The summed E-state index contributed by atoms with van der Waals surface area (Å²) in [5.74, 6) is -6.09. The highest BCUT2D eigenvalue weighted by molar-refractivity contribution is 7.22. The van der Waals surface area contributed by atoms with E-state index < -0.39 is 89.0 Å². The van der Waals surface area contributed by atoms with Crippen LogP contribution in [0.4, 0.5) is 9.52 Å². The third-order valence-corrected chi connectivity index (χ3v) is 12.9. The average Bonchev–Trinajstić information content (AvgIpc) is 3.54. The number of nitrogens with two attached hydrogens (primary N) is 1. The number of alkyl halides is 1. The van der Waals surface area contributed by atoms with E-state index >= 15 is 4.39 Å². The maximum atomic E-state index is 16.9. The Morgan fingerprint density at radius 2 is 1.83 bits per heavy atom. The number of carbonyl (C=O) groups is 3. The van der Waals surface area contributed by atoms with E-state index in [4.69, 9.17) is 34.3 Å². The highest BCUT2D eigenvalue weighted by Gasteiger charge is 2.56. The van der Waals surface area contributed by atoms with Crippen molar-refractivity contribution >= 4 is 55.8 Å². The minimum Gasteiger partial charge on any atom is -0.457 e. The summed E-state index contributed by atoms with van der Waals surface area (Å²) in [6.07, 6.45) is -6.46. The summed E-state index contributed by atoms with van der Waals surface area (Å²) in [6, 6.07) is 5.16. The molecule has 5 rings (SSSR count). The number of oxime groups is 1. The summed E-state index contributed by atoms with van der Waals surface area (Å²) in [6.45, 7) is 13.1. The number of aliphatic hydroxyl groups is 2. The minimum atomic E-state index is -3.22. The number of thiazole rings is 1. The van der Waals surface area contributed by atoms with E-state index in [9.17, 15) is 24.6 Å². The number of hydrogen-bond acceptors (Lipinski definition) is 16. The fourth-order valence-corrected chi connectivity index (χ4v) is 9.68. The number of carbonyl (C=O) groups excluding carboxylic acids is 3. The van der Waals surface area contributed by atoms with Gasteiger partial charge in [0, 0.05) is 30.5 Å². The van der Waals surface area contributed by atoms with Crippen LogP contribution in [0.5, 0.6) is 0 Å². The monoisotopic (exact) mass is 863 g/mol. The van der Waals surface area contributed by atoms with Crippen LogP contribution in [0.1, 0.15) is 87.1 Å². The zero-order valence-electron chi connectivity index (χ0n) is 36.5. The maximum absolute atomic E-state index is 16.9. The lowest BCUT2D eigenvalue weighted by atomic mass is 9.73. The number of rotatable bonds is 7. The Morgan fingerprint density at radius 3 is 2.48 bits per heavy atom. The molecule has 0 radical (unpaired) electrons. The summed E-state index contributed by atoms with van der Waals surface area (Å²) in [5.41, 5.74) is 1.16. The number of ketones is 1. The molecule has 4 heterocycles. The van der Waals surface area contributed by atoms with Crippen LogP contribution in [0.15, 0.2) is 28.3 Å². The molecule has 1 amide bonds. The van der Waals surface area contributed by atoms with Crippen LogP contribution in [0.3, 0.4) is 0 Å². The molecule has 3 fully saturated rings. The van der Waals surface area contributed by atoms with Crippen LogP contribution >= 0.6 is 11.3 Å². The van der Waals surface area contributed by atoms with Crippen LogP contribution in [-0.2, 0) is 49.5 Å². The van der Waals surface area contributed by atoms with E-state index in [2.05, 4.69) is 15.1 Å². The van der Waals surface area contributed by atoms with Crippen molar-refractivity contribution in [3.63, 3.8) is 0 Å². The number of nitrogen functional groups attached to an aromatic ring is 1. The molecule has 1 aromatic heterocycles. The Labute approximate surface area is 354 Å². The first-order valence-corrected chi connectivity index (χ1v) is 21.3. The normalized spacial score (nSPS) is 39.0. The standard InChI is InChI=1S/C42H62FN5O11S/c1-12-31-42(9,53)36-23(4)32(45-25(6)49)21(2)17-40(7,55-20-27(19-54-36)47-56-18-26-13-14-28-30(16-26)60-39(44)46-28)35(24(5)34(51)41(8,43)38(52)58-31)59-37-33(50)29(48(10)11)15-22(3)57-37/h13-14,16,21-24,29,31,33,35-37,50,53H,12,15,17-20H2,1-11H3,(H2,44,46)/b45-32?,47-27+/t21-,22-,23+,24+,29+,31-,33-,35-,36-,37+,40-,41+,42-/m1/s1. The Balaban J connectivity index is 1.68. The van der Waals surface area contributed by atoms with Gasteiger partial charge in [-0.2, -0.15) is 0 Å². The van der Waals surface area contributed by atoms with Gasteiger partial charge in [0.05, 0.1) is 47.3 Å². The minimum absolute atomic E-state index is 0.00521. The lowest BCUT2D eigenvalue weighted by Gasteiger charge is -2.47. The average molecular weight is 864 g/mol. The number of anilines is 1. The van der Waals surface area contributed by atoms with Gasteiger partial charge in [-0.25, -0.2) is 19.2 Å². The van der Waals surface area contributed by atoms with E-state index in [0.29, 0.717) is 17.3 Å². The number of benzene rings is 1. The van der Waals surface area contributed by atoms with Gasteiger partial charge in [-0.1, -0.05) is 50.3 Å². The van der Waals surface area contributed by atoms with Crippen LogP contribution in [0.25, 0.3) is 10.2 Å². The van der Waals surface area contributed by atoms with Crippen molar-refractivity contribution in [2.75, 3.05) is 33.0 Å². The van der Waals surface area contributed by atoms with Crippen molar-refractivity contribution in [3.05, 3.63) is 23.8 Å². The molecule has 1 aromatic carbocycles. The molecule has 3 saturated heterocycles. The van der Waals surface area contributed by atoms with Crippen LogP contribution in [0, 0.1) is 17.8 Å². The molecular formula is C42H62FN5O11S. The number of likely N-dealkylation sites (N-methyl/N-ethyl adjacent to an activating group) is 1. The Hall–Kier alpha value is -3.49.